The third-order valence-electron chi connectivity index (χ3n) is 2.52. The van der Waals surface area contributed by atoms with Crippen LogP contribution < -0.4 is 10.5 Å². The molecule has 2 nitrogen and oxygen atoms in total. The highest BCUT2D eigenvalue weighted by Gasteiger charge is 2.16. The molecule has 17 heavy (non-hydrogen) atoms. The van der Waals surface area contributed by atoms with E-state index in [1.165, 1.54) is 0 Å². The lowest BCUT2D eigenvalue weighted by Gasteiger charge is -2.14. The highest BCUT2D eigenvalue weighted by Crippen LogP contribution is 2.34. The van der Waals surface area contributed by atoms with Gasteiger partial charge in [0.15, 0.2) is 0 Å². The third kappa shape index (κ3) is 2.73. The van der Waals surface area contributed by atoms with E-state index in [1.807, 2.05) is 23.6 Å². The molecule has 0 amide bonds. The van der Waals surface area contributed by atoms with Crippen LogP contribution in [0.4, 0.5) is 0 Å². The maximum Gasteiger partial charge on any atom is 0.119 e. The van der Waals surface area contributed by atoms with Crippen molar-refractivity contribution in [3.63, 3.8) is 0 Å². The van der Waals surface area contributed by atoms with E-state index in [0.717, 1.165) is 25.8 Å². The van der Waals surface area contributed by atoms with Gasteiger partial charge in [-0.2, -0.15) is 11.3 Å². The van der Waals surface area contributed by atoms with Gasteiger partial charge >= 0.3 is 0 Å². The first-order valence-corrected chi connectivity index (χ1v) is 7.47. The highest BCUT2D eigenvalue weighted by atomic mass is 79.9. The van der Waals surface area contributed by atoms with Crippen LogP contribution in [-0.4, -0.2) is 7.11 Å². The van der Waals surface area contributed by atoms with Crippen molar-refractivity contribution in [2.24, 2.45) is 5.73 Å². The zero-order valence-electron chi connectivity index (χ0n) is 9.11. The van der Waals surface area contributed by atoms with Gasteiger partial charge in [0.25, 0.3) is 0 Å². The Morgan fingerprint density at radius 2 is 1.94 bits per heavy atom. The summed E-state index contributed by atoms with van der Waals surface area (Å²) in [7, 11) is 1.65. The minimum absolute atomic E-state index is 0.167. The normalized spacial score (nSPS) is 12.5. The number of ether oxygens (including phenoxy) is 1. The lowest BCUT2D eigenvalue weighted by atomic mass is 10.0. The van der Waals surface area contributed by atoms with Crippen LogP contribution in [0.25, 0.3) is 0 Å². The van der Waals surface area contributed by atoms with Crippen molar-refractivity contribution in [1.29, 1.82) is 0 Å². The molecule has 0 aliphatic carbocycles. The van der Waals surface area contributed by atoms with Gasteiger partial charge in [-0.1, -0.05) is 15.9 Å². The smallest absolute Gasteiger partial charge is 0.119 e. The van der Waals surface area contributed by atoms with Gasteiger partial charge < -0.3 is 10.5 Å². The second-order valence-electron chi connectivity index (χ2n) is 3.54. The van der Waals surface area contributed by atoms with Gasteiger partial charge in [0.1, 0.15) is 5.75 Å². The van der Waals surface area contributed by atoms with E-state index in [0.29, 0.717) is 0 Å². The van der Waals surface area contributed by atoms with Crippen molar-refractivity contribution in [3.8, 4) is 5.75 Å². The first-order chi connectivity index (χ1) is 8.13. The predicted molar refractivity (Wildman–Crippen MR) is 78.7 cm³/mol. The molecule has 2 rings (SSSR count). The molecule has 0 bridgehead atoms. The lowest BCUT2D eigenvalue weighted by molar-refractivity contribution is 0.414. The molecule has 90 valence electrons. The molecular formula is C12H11Br2NOS. The number of hydrogen-bond acceptors (Lipinski definition) is 3. The van der Waals surface area contributed by atoms with Gasteiger partial charge in [0.05, 0.1) is 13.2 Å². The molecule has 0 aliphatic rings. The Hall–Kier alpha value is -0.360. The summed E-state index contributed by atoms with van der Waals surface area (Å²) in [4.78, 5) is 0. The van der Waals surface area contributed by atoms with Gasteiger partial charge in [-0.3, -0.25) is 0 Å². The molecule has 0 saturated heterocycles. The Kier molecular flexibility index (Phi) is 4.25. The molecule has 1 heterocycles. The number of hydrogen-bond donors (Lipinski definition) is 1. The average Bonchev–Trinajstić information content (AvgIpc) is 2.75. The summed E-state index contributed by atoms with van der Waals surface area (Å²) in [5.74, 6) is 0.810. The average molecular weight is 377 g/mol. The van der Waals surface area contributed by atoms with Crippen molar-refractivity contribution in [2.45, 2.75) is 6.04 Å². The number of benzene rings is 1. The van der Waals surface area contributed by atoms with Gasteiger partial charge in [0.2, 0.25) is 0 Å². The zero-order valence-corrected chi connectivity index (χ0v) is 13.1. The molecule has 1 unspecified atom stereocenters. The standard InChI is InChI=1S/C12H11Br2NOS/c1-16-7-2-3-10(13)8(4-7)12(15)9-5-17-6-11(9)14/h2-6,12H,15H2,1H3. The number of nitrogens with two attached hydrogens (primary N) is 1. The first-order valence-electron chi connectivity index (χ1n) is 4.94. The van der Waals surface area contributed by atoms with E-state index in [2.05, 4.69) is 37.2 Å². The van der Waals surface area contributed by atoms with Gasteiger partial charge in [-0.05, 0) is 50.6 Å². The summed E-state index contributed by atoms with van der Waals surface area (Å²) in [5.41, 5.74) is 8.38. The Balaban J connectivity index is 2.43. The van der Waals surface area contributed by atoms with Crippen molar-refractivity contribution in [3.05, 3.63) is 49.0 Å². The maximum absolute atomic E-state index is 6.28. The summed E-state index contributed by atoms with van der Waals surface area (Å²) in [6.45, 7) is 0. The van der Waals surface area contributed by atoms with Gasteiger partial charge in [0, 0.05) is 14.3 Å². The largest absolute Gasteiger partial charge is 0.497 e. The Labute approximate surface area is 121 Å². The van der Waals surface area contributed by atoms with Crippen LogP contribution in [0, 0.1) is 0 Å². The summed E-state index contributed by atoms with van der Waals surface area (Å²) in [5, 5.41) is 4.09. The lowest BCUT2D eigenvalue weighted by Crippen LogP contribution is -2.12. The Bertz CT molecular complexity index is 527. The molecule has 0 radical (unpaired) electrons. The van der Waals surface area contributed by atoms with E-state index in [1.54, 1.807) is 18.4 Å². The highest BCUT2D eigenvalue weighted by molar-refractivity contribution is 9.10. The molecular weight excluding hydrogens is 366 g/mol. The molecule has 0 fully saturated rings. The molecule has 2 N–H and O–H groups in total. The van der Waals surface area contributed by atoms with Crippen molar-refractivity contribution in [1.82, 2.24) is 0 Å². The quantitative estimate of drug-likeness (QED) is 0.865. The third-order valence-corrected chi connectivity index (χ3v) is 4.99. The number of halogens is 2. The van der Waals surface area contributed by atoms with Gasteiger partial charge in [-0.15, -0.1) is 0 Å². The fourth-order valence-corrected chi connectivity index (χ4v) is 3.64. The van der Waals surface area contributed by atoms with Crippen LogP contribution in [0.15, 0.2) is 37.9 Å². The van der Waals surface area contributed by atoms with Crippen molar-refractivity contribution in [2.75, 3.05) is 7.11 Å². The van der Waals surface area contributed by atoms with Crippen LogP contribution in [0.1, 0.15) is 17.2 Å². The van der Waals surface area contributed by atoms with E-state index in [9.17, 15) is 0 Å². The Morgan fingerprint density at radius 3 is 2.53 bits per heavy atom. The zero-order chi connectivity index (χ0) is 12.4. The van der Waals surface area contributed by atoms with Crippen molar-refractivity contribution < 1.29 is 4.74 Å². The van der Waals surface area contributed by atoms with Crippen LogP contribution >= 0.6 is 43.2 Å². The first kappa shape index (κ1) is 13.1. The van der Waals surface area contributed by atoms with Gasteiger partial charge in [-0.25, -0.2) is 0 Å². The second-order valence-corrected chi connectivity index (χ2v) is 5.99. The Morgan fingerprint density at radius 1 is 1.18 bits per heavy atom. The summed E-state index contributed by atoms with van der Waals surface area (Å²) in [6, 6.07) is 5.65. The van der Waals surface area contributed by atoms with Crippen LogP contribution in [0.5, 0.6) is 5.75 Å². The summed E-state index contributed by atoms with van der Waals surface area (Å²) < 4.78 is 7.26. The summed E-state index contributed by atoms with van der Waals surface area (Å²) >= 11 is 8.66. The molecule has 1 aromatic heterocycles. The fourth-order valence-electron chi connectivity index (χ4n) is 1.57. The molecule has 1 aromatic carbocycles. The SMILES string of the molecule is COc1ccc(Br)c(C(N)c2cscc2Br)c1. The molecule has 0 saturated carbocycles. The van der Waals surface area contributed by atoms with Crippen LogP contribution in [0.3, 0.4) is 0 Å². The topological polar surface area (TPSA) is 35.2 Å². The van der Waals surface area contributed by atoms with Crippen LogP contribution in [-0.2, 0) is 0 Å². The number of thiophene rings is 1. The monoisotopic (exact) mass is 375 g/mol. The fraction of sp³-hybridized carbons (Fsp3) is 0.167. The minimum atomic E-state index is -0.167. The molecule has 1 atom stereocenters. The molecule has 5 heteroatoms. The number of methoxy groups -OCH3 is 1. The summed E-state index contributed by atoms with van der Waals surface area (Å²) in [6.07, 6.45) is 0. The molecule has 0 spiro atoms. The van der Waals surface area contributed by atoms with Crippen LogP contribution in [0.2, 0.25) is 0 Å². The minimum Gasteiger partial charge on any atom is -0.497 e. The van der Waals surface area contributed by atoms with E-state index >= 15 is 0 Å². The van der Waals surface area contributed by atoms with Crippen molar-refractivity contribution >= 4 is 43.2 Å². The van der Waals surface area contributed by atoms with E-state index in [4.69, 9.17) is 10.5 Å². The molecule has 2 aromatic rings. The molecule has 0 aliphatic heterocycles. The maximum atomic E-state index is 6.28. The van der Waals surface area contributed by atoms with E-state index in [-0.39, 0.29) is 6.04 Å². The number of rotatable bonds is 3. The predicted octanol–water partition coefficient (Wildman–Crippen LogP) is 4.33. The second kappa shape index (κ2) is 5.52. The van der Waals surface area contributed by atoms with E-state index < -0.39 is 0 Å².